The molecule has 0 aromatic rings. The third kappa shape index (κ3) is 20.5. The molecule has 0 heterocycles. The highest BCUT2D eigenvalue weighted by molar-refractivity contribution is 6.73. The molecular formula is C29H62OSi. The van der Waals surface area contributed by atoms with Crippen LogP contribution in [0.3, 0.4) is 0 Å². The Morgan fingerprint density at radius 1 is 0.355 bits per heavy atom. The Hall–Kier alpha value is 0.177. The van der Waals surface area contributed by atoms with E-state index in [9.17, 15) is 0 Å². The molecular weight excluding hydrogens is 392 g/mol. The van der Waals surface area contributed by atoms with Crippen molar-refractivity contribution in [1.82, 2.24) is 0 Å². The first-order chi connectivity index (χ1) is 15.2. The molecule has 2 heteroatoms. The zero-order valence-corrected chi connectivity index (χ0v) is 23.6. The Balaban J connectivity index is 3.48. The number of hydrogen-bond acceptors (Lipinski definition) is 1. The highest BCUT2D eigenvalue weighted by Gasteiger charge is 2.32. The largest absolute Gasteiger partial charge is 0.417 e. The highest BCUT2D eigenvalue weighted by atomic mass is 28.4. The molecule has 0 fully saturated rings. The van der Waals surface area contributed by atoms with Gasteiger partial charge in [-0.3, -0.25) is 0 Å². The van der Waals surface area contributed by atoms with E-state index in [1.165, 1.54) is 153 Å². The van der Waals surface area contributed by atoms with Gasteiger partial charge in [0.05, 0.1) is 0 Å². The van der Waals surface area contributed by atoms with Gasteiger partial charge < -0.3 is 4.43 Å². The minimum absolute atomic E-state index is 1.01. The van der Waals surface area contributed by atoms with E-state index in [0.29, 0.717) is 0 Å². The molecule has 0 saturated carbocycles. The van der Waals surface area contributed by atoms with Crippen molar-refractivity contribution in [2.24, 2.45) is 0 Å². The molecule has 0 rings (SSSR count). The maximum atomic E-state index is 6.53. The average molecular weight is 455 g/mol. The van der Waals surface area contributed by atoms with E-state index in [-0.39, 0.29) is 0 Å². The number of rotatable bonds is 26. The normalized spacial score (nSPS) is 12.0. The van der Waals surface area contributed by atoms with Crippen LogP contribution in [0.15, 0.2) is 0 Å². The molecule has 0 spiro atoms. The van der Waals surface area contributed by atoms with Crippen molar-refractivity contribution < 1.29 is 4.43 Å². The summed E-state index contributed by atoms with van der Waals surface area (Å²) in [7, 11) is -1.43. The summed E-state index contributed by atoms with van der Waals surface area (Å²) in [6.45, 7) is 10.3. The summed E-state index contributed by atoms with van der Waals surface area (Å²) in [4.78, 5) is 0. The molecule has 0 aromatic heterocycles. The van der Waals surface area contributed by atoms with E-state index in [1.54, 1.807) is 0 Å². The smallest absolute Gasteiger partial charge is 0.192 e. The van der Waals surface area contributed by atoms with Gasteiger partial charge in [0.1, 0.15) is 0 Å². The minimum atomic E-state index is -1.43. The molecule has 31 heavy (non-hydrogen) atoms. The molecule has 0 aliphatic heterocycles. The van der Waals surface area contributed by atoms with Crippen molar-refractivity contribution in [2.45, 2.75) is 181 Å². The van der Waals surface area contributed by atoms with Crippen LogP contribution in [0.5, 0.6) is 0 Å². The standard InChI is InChI=1S/C29H62OSi/c1-5-9-10-11-12-13-14-15-16-17-18-19-20-21-22-23-24-25-29-31(27-7-3,28-8-4)30-26-6-2/h5-29H2,1-4H3. The Bertz CT molecular complexity index is 325. The van der Waals surface area contributed by atoms with Crippen LogP contribution in [-0.2, 0) is 4.43 Å². The molecule has 1 nitrogen and oxygen atoms in total. The number of hydrogen-bond donors (Lipinski definition) is 0. The molecule has 0 saturated heterocycles. The maximum absolute atomic E-state index is 6.53. The van der Waals surface area contributed by atoms with E-state index >= 15 is 0 Å². The van der Waals surface area contributed by atoms with E-state index in [2.05, 4.69) is 27.7 Å². The average Bonchev–Trinajstić information content (AvgIpc) is 2.77. The molecule has 0 atom stereocenters. The van der Waals surface area contributed by atoms with Crippen LogP contribution in [0, 0.1) is 0 Å². The second-order valence-electron chi connectivity index (χ2n) is 10.3. The molecule has 0 aromatic carbocycles. The predicted molar refractivity (Wildman–Crippen MR) is 146 cm³/mol. The van der Waals surface area contributed by atoms with Crippen LogP contribution in [0.2, 0.25) is 18.1 Å². The first-order valence-electron chi connectivity index (χ1n) is 14.9. The lowest BCUT2D eigenvalue weighted by atomic mass is 10.0. The van der Waals surface area contributed by atoms with Crippen molar-refractivity contribution >= 4 is 8.32 Å². The van der Waals surface area contributed by atoms with Gasteiger partial charge in [-0.2, -0.15) is 0 Å². The van der Waals surface area contributed by atoms with Gasteiger partial charge in [0.15, 0.2) is 8.32 Å². The Kier molecular flexibility index (Phi) is 25.0. The van der Waals surface area contributed by atoms with Gasteiger partial charge in [0.25, 0.3) is 0 Å². The SMILES string of the molecule is CCCCCCCCCCCCCCCCCCCC[Si](CCC)(CCC)OCCC. The molecule has 0 radical (unpaired) electrons. The van der Waals surface area contributed by atoms with E-state index in [1.807, 2.05) is 0 Å². The topological polar surface area (TPSA) is 9.23 Å². The van der Waals surface area contributed by atoms with Crippen molar-refractivity contribution in [1.29, 1.82) is 0 Å². The quantitative estimate of drug-likeness (QED) is 0.0932. The fraction of sp³-hybridized carbons (Fsp3) is 1.00. The van der Waals surface area contributed by atoms with Crippen LogP contribution in [0.1, 0.15) is 163 Å². The first kappa shape index (κ1) is 31.2. The summed E-state index contributed by atoms with van der Waals surface area (Å²) < 4.78 is 6.53. The second kappa shape index (κ2) is 24.8. The lowest BCUT2D eigenvalue weighted by Crippen LogP contribution is -2.38. The maximum Gasteiger partial charge on any atom is 0.192 e. The zero-order valence-electron chi connectivity index (χ0n) is 22.6. The molecule has 0 N–H and O–H groups in total. The van der Waals surface area contributed by atoms with Gasteiger partial charge in [-0.05, 0) is 24.6 Å². The fourth-order valence-corrected chi connectivity index (χ4v) is 9.71. The fourth-order valence-electron chi connectivity index (χ4n) is 5.17. The zero-order chi connectivity index (χ0) is 22.9. The monoisotopic (exact) mass is 454 g/mol. The van der Waals surface area contributed by atoms with Crippen LogP contribution in [0.25, 0.3) is 0 Å². The van der Waals surface area contributed by atoms with Crippen LogP contribution in [0.4, 0.5) is 0 Å². The van der Waals surface area contributed by atoms with Gasteiger partial charge in [-0.1, -0.05) is 156 Å². The van der Waals surface area contributed by atoms with E-state index in [0.717, 1.165) is 6.61 Å². The second-order valence-corrected chi connectivity index (χ2v) is 14.4. The Morgan fingerprint density at radius 2 is 0.710 bits per heavy atom. The summed E-state index contributed by atoms with van der Waals surface area (Å²) in [6.07, 6.45) is 30.1. The van der Waals surface area contributed by atoms with Crippen molar-refractivity contribution in [3.8, 4) is 0 Å². The van der Waals surface area contributed by atoms with Crippen LogP contribution >= 0.6 is 0 Å². The molecule has 0 amide bonds. The highest BCUT2D eigenvalue weighted by Crippen LogP contribution is 2.29. The summed E-state index contributed by atoms with van der Waals surface area (Å²) in [5.41, 5.74) is 0. The Morgan fingerprint density at radius 3 is 1.03 bits per heavy atom. The van der Waals surface area contributed by atoms with E-state index < -0.39 is 8.32 Å². The van der Waals surface area contributed by atoms with Crippen molar-refractivity contribution in [2.75, 3.05) is 6.61 Å². The Labute approximate surface area is 200 Å². The molecule has 0 bridgehead atoms. The lowest BCUT2D eigenvalue weighted by molar-refractivity contribution is 0.294. The van der Waals surface area contributed by atoms with Crippen molar-refractivity contribution in [3.05, 3.63) is 0 Å². The summed E-state index contributed by atoms with van der Waals surface area (Å²) in [5, 5.41) is 0. The van der Waals surface area contributed by atoms with E-state index in [4.69, 9.17) is 4.43 Å². The van der Waals surface area contributed by atoms with Gasteiger partial charge in [-0.25, -0.2) is 0 Å². The lowest BCUT2D eigenvalue weighted by Gasteiger charge is -2.31. The molecule has 0 aliphatic carbocycles. The van der Waals surface area contributed by atoms with Crippen LogP contribution in [-0.4, -0.2) is 14.9 Å². The third-order valence-corrected chi connectivity index (χ3v) is 11.9. The summed E-state index contributed by atoms with van der Waals surface area (Å²) in [5.74, 6) is 0. The summed E-state index contributed by atoms with van der Waals surface area (Å²) in [6, 6.07) is 4.20. The number of unbranched alkanes of at least 4 members (excludes halogenated alkanes) is 17. The third-order valence-electron chi connectivity index (χ3n) is 7.01. The molecule has 188 valence electrons. The van der Waals surface area contributed by atoms with Gasteiger partial charge in [0, 0.05) is 6.61 Å². The first-order valence-corrected chi connectivity index (χ1v) is 17.4. The molecule has 0 unspecified atom stereocenters. The molecule has 0 aliphatic rings. The van der Waals surface area contributed by atoms with Gasteiger partial charge in [0.2, 0.25) is 0 Å². The van der Waals surface area contributed by atoms with Gasteiger partial charge in [-0.15, -0.1) is 0 Å². The van der Waals surface area contributed by atoms with Gasteiger partial charge >= 0.3 is 0 Å². The van der Waals surface area contributed by atoms with Crippen molar-refractivity contribution in [3.63, 3.8) is 0 Å². The minimum Gasteiger partial charge on any atom is -0.417 e. The summed E-state index contributed by atoms with van der Waals surface area (Å²) >= 11 is 0. The predicted octanol–water partition coefficient (Wildman–Crippen LogP) is 11.2. The van der Waals surface area contributed by atoms with Crippen LogP contribution < -0.4 is 0 Å².